The number of aromatic nitrogens is 3. The van der Waals surface area contributed by atoms with Gasteiger partial charge >= 0.3 is 5.76 Å². The van der Waals surface area contributed by atoms with Crippen LogP contribution in [-0.4, -0.2) is 15.1 Å². The van der Waals surface area contributed by atoms with Crippen molar-refractivity contribution in [1.82, 2.24) is 15.1 Å². The van der Waals surface area contributed by atoms with E-state index in [1.165, 1.54) is 0 Å². The predicted molar refractivity (Wildman–Crippen MR) is 84.1 cm³/mol. The Kier molecular flexibility index (Phi) is 3.08. The number of oxazole rings is 1. The predicted octanol–water partition coefficient (Wildman–Crippen LogP) is 3.07. The van der Waals surface area contributed by atoms with Crippen LogP contribution in [0.3, 0.4) is 0 Å². The van der Waals surface area contributed by atoms with Crippen molar-refractivity contribution in [2.24, 2.45) is 0 Å². The third-order valence-corrected chi connectivity index (χ3v) is 3.69. The number of aryl methyl sites for hydroxylation is 1. The van der Waals surface area contributed by atoms with Crippen molar-refractivity contribution in [2.75, 3.05) is 0 Å². The molecular formula is C17H13N3O3. The molecule has 2 aromatic carbocycles. The number of aromatic amines is 1. The van der Waals surface area contributed by atoms with Crippen LogP contribution in [0.4, 0.5) is 0 Å². The third kappa shape index (κ3) is 2.55. The van der Waals surface area contributed by atoms with Crippen LogP contribution >= 0.6 is 0 Å². The minimum absolute atomic E-state index is 0.461. The number of hydrogen-bond donors (Lipinski definition) is 1. The first kappa shape index (κ1) is 13.5. The van der Waals surface area contributed by atoms with Gasteiger partial charge in [0.2, 0.25) is 11.7 Å². The lowest BCUT2D eigenvalue weighted by atomic mass is 10.1. The summed E-state index contributed by atoms with van der Waals surface area (Å²) in [7, 11) is 0. The second-order valence-corrected chi connectivity index (χ2v) is 5.35. The normalized spacial score (nSPS) is 11.2. The van der Waals surface area contributed by atoms with Gasteiger partial charge in [-0.15, -0.1) is 0 Å². The smallest absolute Gasteiger partial charge is 0.408 e. The zero-order valence-electron chi connectivity index (χ0n) is 12.4. The summed E-state index contributed by atoms with van der Waals surface area (Å²) in [5.41, 5.74) is 4.19. The van der Waals surface area contributed by atoms with Gasteiger partial charge in [0.05, 0.1) is 11.9 Å². The molecule has 2 heterocycles. The number of benzene rings is 2. The van der Waals surface area contributed by atoms with Crippen molar-refractivity contribution in [1.29, 1.82) is 0 Å². The van der Waals surface area contributed by atoms with Gasteiger partial charge in [-0.2, -0.15) is 4.98 Å². The SMILES string of the molecule is Cc1ccccc1-c1noc(Cc2ccc3oc(=O)[nH]c3c2)n1. The van der Waals surface area contributed by atoms with Crippen molar-refractivity contribution >= 4 is 11.1 Å². The van der Waals surface area contributed by atoms with E-state index >= 15 is 0 Å². The highest BCUT2D eigenvalue weighted by Gasteiger charge is 2.11. The maximum atomic E-state index is 11.2. The van der Waals surface area contributed by atoms with Gasteiger partial charge in [-0.3, -0.25) is 4.98 Å². The first-order valence-electron chi connectivity index (χ1n) is 7.19. The van der Waals surface area contributed by atoms with Crippen molar-refractivity contribution in [3.63, 3.8) is 0 Å². The van der Waals surface area contributed by atoms with Crippen molar-refractivity contribution < 1.29 is 8.94 Å². The van der Waals surface area contributed by atoms with Gasteiger partial charge in [-0.25, -0.2) is 4.79 Å². The van der Waals surface area contributed by atoms with Gasteiger partial charge in [0, 0.05) is 5.56 Å². The Labute approximate surface area is 130 Å². The van der Waals surface area contributed by atoms with Crippen LogP contribution in [-0.2, 0) is 6.42 Å². The molecule has 0 amide bonds. The second kappa shape index (κ2) is 5.24. The highest BCUT2D eigenvalue weighted by atomic mass is 16.5. The quantitative estimate of drug-likeness (QED) is 0.628. The van der Waals surface area contributed by atoms with Crippen molar-refractivity contribution in [3.05, 3.63) is 70.0 Å². The Morgan fingerprint density at radius 1 is 1.17 bits per heavy atom. The number of fused-ring (bicyclic) bond motifs is 1. The topological polar surface area (TPSA) is 84.9 Å². The fourth-order valence-electron chi connectivity index (χ4n) is 2.54. The number of nitrogens with zero attached hydrogens (tertiary/aromatic N) is 2. The van der Waals surface area contributed by atoms with Crippen LogP contribution in [0.15, 0.2) is 56.2 Å². The summed E-state index contributed by atoms with van der Waals surface area (Å²) in [6.45, 7) is 2.01. The molecule has 0 aliphatic carbocycles. The largest absolute Gasteiger partial charge is 0.417 e. The van der Waals surface area contributed by atoms with Gasteiger partial charge < -0.3 is 8.94 Å². The summed E-state index contributed by atoms with van der Waals surface area (Å²) in [6.07, 6.45) is 0.488. The molecule has 0 aliphatic heterocycles. The van der Waals surface area contributed by atoms with Gasteiger partial charge in [-0.05, 0) is 30.2 Å². The highest BCUT2D eigenvalue weighted by Crippen LogP contribution is 2.21. The molecule has 6 nitrogen and oxygen atoms in total. The first-order chi connectivity index (χ1) is 11.2. The molecule has 0 unspecified atom stereocenters. The lowest BCUT2D eigenvalue weighted by Crippen LogP contribution is -1.93. The first-order valence-corrected chi connectivity index (χ1v) is 7.19. The van der Waals surface area contributed by atoms with Gasteiger partial charge in [-0.1, -0.05) is 35.5 Å². The number of nitrogens with one attached hydrogen (secondary N) is 1. The lowest BCUT2D eigenvalue weighted by molar-refractivity contribution is 0.385. The Balaban J connectivity index is 1.64. The summed E-state index contributed by atoms with van der Waals surface area (Å²) < 4.78 is 10.3. The molecule has 114 valence electrons. The maximum Gasteiger partial charge on any atom is 0.417 e. The van der Waals surface area contributed by atoms with Crippen LogP contribution in [0.25, 0.3) is 22.5 Å². The average Bonchev–Trinajstić information content (AvgIpc) is 3.13. The van der Waals surface area contributed by atoms with Crippen molar-refractivity contribution in [2.45, 2.75) is 13.3 Å². The van der Waals surface area contributed by atoms with Gasteiger partial charge in [0.1, 0.15) is 0 Å². The molecule has 0 saturated heterocycles. The van der Waals surface area contributed by atoms with Crippen molar-refractivity contribution in [3.8, 4) is 11.4 Å². The minimum Gasteiger partial charge on any atom is -0.408 e. The Morgan fingerprint density at radius 3 is 2.91 bits per heavy atom. The number of rotatable bonds is 3. The Bertz CT molecular complexity index is 1040. The van der Waals surface area contributed by atoms with E-state index in [4.69, 9.17) is 8.94 Å². The monoisotopic (exact) mass is 307 g/mol. The molecular weight excluding hydrogens is 294 g/mol. The van der Waals surface area contributed by atoms with Crippen LogP contribution in [0.1, 0.15) is 17.0 Å². The third-order valence-electron chi connectivity index (χ3n) is 3.69. The Morgan fingerprint density at radius 2 is 2.04 bits per heavy atom. The molecule has 23 heavy (non-hydrogen) atoms. The molecule has 0 bridgehead atoms. The zero-order chi connectivity index (χ0) is 15.8. The average molecular weight is 307 g/mol. The standard InChI is InChI=1S/C17H13N3O3/c1-10-4-2-3-5-12(10)16-19-15(23-20-16)9-11-6-7-14-13(8-11)18-17(21)22-14/h2-8H,9H2,1H3,(H,18,21). The highest BCUT2D eigenvalue weighted by molar-refractivity contribution is 5.72. The molecule has 2 aromatic heterocycles. The molecule has 4 rings (SSSR count). The Hall–Kier alpha value is -3.15. The van der Waals surface area contributed by atoms with E-state index in [-0.39, 0.29) is 0 Å². The van der Waals surface area contributed by atoms with E-state index < -0.39 is 5.76 Å². The van der Waals surface area contributed by atoms with Crippen LogP contribution < -0.4 is 5.76 Å². The van der Waals surface area contributed by atoms with Crippen LogP contribution in [0.2, 0.25) is 0 Å². The summed E-state index contributed by atoms with van der Waals surface area (Å²) in [5, 5.41) is 4.05. The molecule has 1 N–H and O–H groups in total. The fourth-order valence-corrected chi connectivity index (χ4v) is 2.54. The summed E-state index contributed by atoms with van der Waals surface area (Å²) in [5.74, 6) is 0.640. The molecule has 6 heteroatoms. The molecule has 4 aromatic rings. The zero-order valence-corrected chi connectivity index (χ0v) is 12.4. The van der Waals surface area contributed by atoms with E-state index in [1.54, 1.807) is 6.07 Å². The lowest BCUT2D eigenvalue weighted by Gasteiger charge is -1.98. The summed E-state index contributed by atoms with van der Waals surface area (Å²) >= 11 is 0. The molecule has 0 saturated carbocycles. The number of hydrogen-bond acceptors (Lipinski definition) is 5. The van der Waals surface area contributed by atoms with Crippen LogP contribution in [0, 0.1) is 6.92 Å². The van der Waals surface area contributed by atoms with E-state index in [0.717, 1.165) is 16.7 Å². The molecule has 0 aliphatic rings. The van der Waals surface area contributed by atoms with Gasteiger partial charge in [0.25, 0.3) is 0 Å². The van der Waals surface area contributed by atoms with Crippen LogP contribution in [0.5, 0.6) is 0 Å². The van der Waals surface area contributed by atoms with E-state index in [2.05, 4.69) is 15.1 Å². The fraction of sp³-hybridized carbons (Fsp3) is 0.118. The molecule has 0 atom stereocenters. The molecule has 0 fully saturated rings. The van der Waals surface area contributed by atoms with Gasteiger partial charge in [0.15, 0.2) is 5.58 Å². The minimum atomic E-state index is -0.461. The summed E-state index contributed by atoms with van der Waals surface area (Å²) in [4.78, 5) is 18.3. The molecule has 0 radical (unpaired) electrons. The molecule has 0 spiro atoms. The van der Waals surface area contributed by atoms with E-state index in [9.17, 15) is 4.79 Å². The number of H-pyrrole nitrogens is 1. The second-order valence-electron chi connectivity index (χ2n) is 5.35. The van der Waals surface area contributed by atoms with E-state index in [0.29, 0.717) is 29.2 Å². The maximum absolute atomic E-state index is 11.2. The summed E-state index contributed by atoms with van der Waals surface area (Å²) in [6, 6.07) is 13.4. The van der Waals surface area contributed by atoms with E-state index in [1.807, 2.05) is 43.3 Å².